The second-order valence-electron chi connectivity index (χ2n) is 5.04. The number of benzene rings is 2. The minimum Gasteiger partial charge on any atom is -0.375 e. The number of aliphatic hydroxyl groups excluding tert-OH is 1. The highest BCUT2D eigenvalue weighted by Crippen LogP contribution is 2.38. The Morgan fingerprint density at radius 2 is 1.71 bits per heavy atom. The van der Waals surface area contributed by atoms with Gasteiger partial charge in [0.1, 0.15) is 6.10 Å². The molecule has 1 aliphatic heterocycles. The van der Waals surface area contributed by atoms with Crippen LogP contribution in [0.25, 0.3) is 0 Å². The van der Waals surface area contributed by atoms with E-state index in [1.807, 2.05) is 66.7 Å². The van der Waals surface area contributed by atoms with Crippen molar-refractivity contribution in [3.05, 3.63) is 66.2 Å². The number of nitriles is 1. The summed E-state index contributed by atoms with van der Waals surface area (Å²) in [5.74, 6) is 0. The highest BCUT2D eigenvalue weighted by atomic mass is 16.7. The summed E-state index contributed by atoms with van der Waals surface area (Å²) in [5.41, 5.74) is 2.02. The number of nitrogens with zero attached hydrogens (tertiary/aromatic N) is 2. The van der Waals surface area contributed by atoms with Crippen LogP contribution in [0.1, 0.15) is 18.0 Å². The van der Waals surface area contributed by atoms with Gasteiger partial charge in [0.05, 0.1) is 17.8 Å². The largest absolute Gasteiger partial charge is 0.375 e. The van der Waals surface area contributed by atoms with Gasteiger partial charge in [0.15, 0.2) is 6.10 Å². The van der Waals surface area contributed by atoms with E-state index in [-0.39, 0.29) is 6.04 Å². The Bertz CT molecular complexity index is 577. The van der Waals surface area contributed by atoms with Crippen LogP contribution in [0, 0.1) is 11.3 Å². The summed E-state index contributed by atoms with van der Waals surface area (Å²) in [5, 5.41) is 20.5. The number of hydroxylamine groups is 1. The van der Waals surface area contributed by atoms with E-state index in [0.29, 0.717) is 6.42 Å². The Balaban J connectivity index is 1.93. The molecule has 0 aromatic heterocycles. The van der Waals surface area contributed by atoms with Gasteiger partial charge in [0.2, 0.25) is 0 Å². The van der Waals surface area contributed by atoms with Crippen LogP contribution in [0.5, 0.6) is 0 Å². The van der Waals surface area contributed by atoms with E-state index in [4.69, 9.17) is 10.1 Å². The fourth-order valence-corrected chi connectivity index (χ4v) is 2.61. The zero-order valence-corrected chi connectivity index (χ0v) is 11.5. The molecule has 1 heterocycles. The van der Waals surface area contributed by atoms with Crippen molar-refractivity contribution in [3.8, 4) is 6.07 Å². The first-order valence-corrected chi connectivity index (χ1v) is 6.93. The van der Waals surface area contributed by atoms with E-state index in [2.05, 4.69) is 0 Å². The summed E-state index contributed by atoms with van der Waals surface area (Å²) in [7, 11) is 0. The molecule has 4 heteroatoms. The molecule has 1 fully saturated rings. The van der Waals surface area contributed by atoms with Crippen molar-refractivity contribution in [2.45, 2.75) is 24.7 Å². The number of anilines is 1. The summed E-state index contributed by atoms with van der Waals surface area (Å²) < 4.78 is 0. The molecule has 3 atom stereocenters. The van der Waals surface area contributed by atoms with E-state index in [0.717, 1.165) is 11.3 Å². The van der Waals surface area contributed by atoms with Gasteiger partial charge in [-0.05, 0) is 17.7 Å². The van der Waals surface area contributed by atoms with Crippen LogP contribution in [0.2, 0.25) is 0 Å². The van der Waals surface area contributed by atoms with E-state index < -0.39 is 12.2 Å². The zero-order valence-electron chi connectivity index (χ0n) is 11.5. The fourth-order valence-electron chi connectivity index (χ4n) is 2.61. The normalized spacial score (nSPS) is 22.8. The van der Waals surface area contributed by atoms with Crippen molar-refractivity contribution in [2.75, 3.05) is 5.06 Å². The Labute approximate surface area is 123 Å². The molecule has 1 aliphatic rings. The van der Waals surface area contributed by atoms with Gasteiger partial charge in [0.25, 0.3) is 0 Å². The summed E-state index contributed by atoms with van der Waals surface area (Å²) in [6.07, 6.45) is -1.06. The van der Waals surface area contributed by atoms with E-state index in [1.54, 1.807) is 5.06 Å². The number of rotatable bonds is 3. The van der Waals surface area contributed by atoms with Crippen LogP contribution in [0.15, 0.2) is 60.7 Å². The molecule has 0 amide bonds. The quantitative estimate of drug-likeness (QED) is 0.878. The van der Waals surface area contributed by atoms with Crippen LogP contribution in [-0.4, -0.2) is 17.3 Å². The highest BCUT2D eigenvalue weighted by molar-refractivity contribution is 5.47. The van der Waals surface area contributed by atoms with Crippen molar-refractivity contribution in [1.82, 2.24) is 0 Å². The second kappa shape index (κ2) is 5.96. The van der Waals surface area contributed by atoms with Gasteiger partial charge in [-0.25, -0.2) is 5.06 Å². The standard InChI is InChI=1S/C17H16N2O2/c18-12-16(20)17-11-15(13-7-3-1-4-8-13)19(21-17)14-9-5-2-6-10-14/h1-10,15-17,20H,11H2. The van der Waals surface area contributed by atoms with Crippen LogP contribution in [0.3, 0.4) is 0 Å². The van der Waals surface area contributed by atoms with Crippen molar-refractivity contribution < 1.29 is 9.94 Å². The maximum Gasteiger partial charge on any atom is 0.169 e. The number of hydrogen-bond acceptors (Lipinski definition) is 4. The van der Waals surface area contributed by atoms with Crippen molar-refractivity contribution in [1.29, 1.82) is 5.26 Å². The van der Waals surface area contributed by atoms with Gasteiger partial charge in [-0.3, -0.25) is 4.84 Å². The maximum absolute atomic E-state index is 9.77. The lowest BCUT2D eigenvalue weighted by Gasteiger charge is -2.25. The Morgan fingerprint density at radius 3 is 2.33 bits per heavy atom. The SMILES string of the molecule is N#CC(O)C1CC(c2ccccc2)N(c2ccccc2)O1. The lowest BCUT2D eigenvalue weighted by atomic mass is 9.99. The third-order valence-corrected chi connectivity index (χ3v) is 3.67. The van der Waals surface area contributed by atoms with Crippen LogP contribution in [0.4, 0.5) is 5.69 Å². The van der Waals surface area contributed by atoms with E-state index >= 15 is 0 Å². The third-order valence-electron chi connectivity index (χ3n) is 3.67. The van der Waals surface area contributed by atoms with E-state index in [1.165, 1.54) is 0 Å². The van der Waals surface area contributed by atoms with Crippen molar-refractivity contribution in [2.24, 2.45) is 0 Å². The number of para-hydroxylation sites is 1. The molecule has 3 unspecified atom stereocenters. The summed E-state index contributed by atoms with van der Waals surface area (Å²) in [6.45, 7) is 0. The Hall–Kier alpha value is -2.35. The lowest BCUT2D eigenvalue weighted by molar-refractivity contribution is 0.0115. The topological polar surface area (TPSA) is 56.5 Å². The number of hydrogen-bond donors (Lipinski definition) is 1. The highest BCUT2D eigenvalue weighted by Gasteiger charge is 2.38. The van der Waals surface area contributed by atoms with Gasteiger partial charge in [-0.1, -0.05) is 48.5 Å². The molecule has 106 valence electrons. The lowest BCUT2D eigenvalue weighted by Crippen LogP contribution is -2.27. The molecule has 0 bridgehead atoms. The smallest absolute Gasteiger partial charge is 0.169 e. The molecule has 0 spiro atoms. The molecule has 21 heavy (non-hydrogen) atoms. The first kappa shape index (κ1) is 13.6. The average Bonchev–Trinajstić information content (AvgIpc) is 3.01. The summed E-state index contributed by atoms with van der Waals surface area (Å²) >= 11 is 0. The van der Waals surface area contributed by atoms with Crippen molar-refractivity contribution >= 4 is 5.69 Å². The third kappa shape index (κ3) is 2.75. The number of aliphatic hydroxyl groups is 1. The predicted molar refractivity (Wildman–Crippen MR) is 79.2 cm³/mol. The molecule has 1 saturated heterocycles. The molecule has 0 radical (unpaired) electrons. The van der Waals surface area contributed by atoms with Crippen molar-refractivity contribution in [3.63, 3.8) is 0 Å². The molecule has 2 aromatic carbocycles. The monoisotopic (exact) mass is 280 g/mol. The van der Waals surface area contributed by atoms with Gasteiger partial charge >= 0.3 is 0 Å². The molecule has 4 nitrogen and oxygen atoms in total. The maximum atomic E-state index is 9.77. The first-order valence-electron chi connectivity index (χ1n) is 6.93. The van der Waals surface area contributed by atoms with Gasteiger partial charge < -0.3 is 5.11 Å². The molecule has 0 aliphatic carbocycles. The molecule has 2 aromatic rings. The minimum atomic E-state index is -1.12. The van der Waals surface area contributed by atoms with Gasteiger partial charge in [0, 0.05) is 6.42 Å². The molecule has 1 N–H and O–H groups in total. The second-order valence-corrected chi connectivity index (χ2v) is 5.04. The van der Waals surface area contributed by atoms with Crippen LogP contribution in [-0.2, 0) is 4.84 Å². The first-order chi connectivity index (χ1) is 10.3. The van der Waals surface area contributed by atoms with Gasteiger partial charge in [-0.2, -0.15) is 5.26 Å². The van der Waals surface area contributed by atoms with E-state index in [9.17, 15) is 5.11 Å². The summed E-state index contributed by atoms with van der Waals surface area (Å²) in [6, 6.07) is 21.6. The molecular weight excluding hydrogens is 264 g/mol. The fraction of sp³-hybridized carbons (Fsp3) is 0.235. The van der Waals surface area contributed by atoms with Gasteiger partial charge in [-0.15, -0.1) is 0 Å². The predicted octanol–water partition coefficient (Wildman–Crippen LogP) is 2.82. The molecule has 3 rings (SSSR count). The van der Waals surface area contributed by atoms with Crippen LogP contribution >= 0.6 is 0 Å². The Kier molecular flexibility index (Phi) is 3.87. The minimum absolute atomic E-state index is 0.0124. The van der Waals surface area contributed by atoms with Crippen LogP contribution < -0.4 is 5.06 Å². The molecular formula is C17H16N2O2. The zero-order chi connectivity index (χ0) is 14.7. The molecule has 0 saturated carbocycles. The summed E-state index contributed by atoms with van der Waals surface area (Å²) in [4.78, 5) is 5.83. The average molecular weight is 280 g/mol. The Morgan fingerprint density at radius 1 is 1.10 bits per heavy atom.